The number of sulfonamides is 1. The van der Waals surface area contributed by atoms with Crippen LogP contribution in [0.15, 0.2) is 41.5 Å². The number of fused-ring (bicyclic) bond motifs is 4. The van der Waals surface area contributed by atoms with Crippen molar-refractivity contribution in [3.8, 4) is 5.75 Å². The van der Waals surface area contributed by atoms with E-state index < -0.39 is 15.7 Å². The standard InChI is InChI=1S/C22H23Cl2N3O3S/c1-14-3-6-21-17(11-14)20-13-19(16-5-4-15(23)12-18(16)24)25-27(20)22(30-21)7-9-26(10-8-22)31(2,28)29/h3-6,11-12,20H,7-10,13H2,1-2H3/t20-/m0/s1. The third-order valence-electron chi connectivity index (χ3n) is 6.37. The van der Waals surface area contributed by atoms with Gasteiger partial charge in [0, 0.05) is 48.5 Å². The van der Waals surface area contributed by atoms with Crippen molar-refractivity contribution in [3.63, 3.8) is 0 Å². The lowest BCUT2D eigenvalue weighted by Gasteiger charge is -2.50. The minimum absolute atomic E-state index is 0.00942. The Hall–Kier alpha value is -1.80. The van der Waals surface area contributed by atoms with Gasteiger partial charge in [0.1, 0.15) is 5.75 Å². The molecule has 2 aromatic rings. The zero-order valence-electron chi connectivity index (χ0n) is 17.3. The highest BCUT2D eigenvalue weighted by atomic mass is 35.5. The van der Waals surface area contributed by atoms with Gasteiger partial charge in [-0.1, -0.05) is 47.0 Å². The highest BCUT2D eigenvalue weighted by molar-refractivity contribution is 7.88. The maximum absolute atomic E-state index is 12.0. The molecule has 0 saturated carbocycles. The largest absolute Gasteiger partial charge is 0.466 e. The van der Waals surface area contributed by atoms with Crippen molar-refractivity contribution >= 4 is 38.9 Å². The molecular formula is C22H23Cl2N3O3S. The number of hydrogen-bond donors (Lipinski definition) is 0. The van der Waals surface area contributed by atoms with Gasteiger partial charge < -0.3 is 4.74 Å². The fourth-order valence-corrected chi connectivity index (χ4v) is 6.15. The van der Waals surface area contributed by atoms with Crippen molar-refractivity contribution in [2.24, 2.45) is 5.10 Å². The van der Waals surface area contributed by atoms with Crippen molar-refractivity contribution < 1.29 is 13.2 Å². The van der Waals surface area contributed by atoms with Crippen LogP contribution in [0.25, 0.3) is 0 Å². The Balaban J connectivity index is 1.57. The Labute approximate surface area is 192 Å². The Morgan fingerprint density at radius 1 is 1.13 bits per heavy atom. The van der Waals surface area contributed by atoms with Crippen molar-refractivity contribution in [1.82, 2.24) is 9.31 Å². The van der Waals surface area contributed by atoms with Crippen LogP contribution in [0.4, 0.5) is 0 Å². The summed E-state index contributed by atoms with van der Waals surface area (Å²) in [5.74, 6) is 0.846. The summed E-state index contributed by atoms with van der Waals surface area (Å²) in [5, 5.41) is 8.19. The molecule has 9 heteroatoms. The normalized spacial score (nSPS) is 22.6. The fourth-order valence-electron chi connectivity index (χ4n) is 4.79. The zero-order valence-corrected chi connectivity index (χ0v) is 19.6. The third-order valence-corrected chi connectivity index (χ3v) is 8.22. The van der Waals surface area contributed by atoms with Crippen LogP contribution in [0.2, 0.25) is 10.0 Å². The number of rotatable bonds is 2. The lowest BCUT2D eigenvalue weighted by molar-refractivity contribution is -0.143. The van der Waals surface area contributed by atoms with Gasteiger partial charge in [0.05, 0.1) is 23.0 Å². The van der Waals surface area contributed by atoms with Crippen LogP contribution in [-0.4, -0.2) is 48.5 Å². The Morgan fingerprint density at radius 3 is 2.55 bits per heavy atom. The van der Waals surface area contributed by atoms with Gasteiger partial charge in [-0.25, -0.2) is 17.7 Å². The van der Waals surface area contributed by atoms with Gasteiger partial charge >= 0.3 is 0 Å². The van der Waals surface area contributed by atoms with Gasteiger partial charge in [-0.05, 0) is 25.1 Å². The molecule has 3 aliphatic rings. The molecule has 0 amide bonds. The number of nitrogens with zero attached hydrogens (tertiary/aromatic N) is 3. The van der Waals surface area contributed by atoms with Crippen LogP contribution in [-0.2, 0) is 10.0 Å². The van der Waals surface area contributed by atoms with E-state index in [0.29, 0.717) is 42.4 Å². The lowest BCUT2D eigenvalue weighted by atomic mass is 9.90. The van der Waals surface area contributed by atoms with Gasteiger partial charge in [-0.2, -0.15) is 5.10 Å². The Bertz CT molecular complexity index is 1190. The first-order valence-corrected chi connectivity index (χ1v) is 12.8. The van der Waals surface area contributed by atoms with E-state index in [1.807, 2.05) is 24.3 Å². The van der Waals surface area contributed by atoms with E-state index in [-0.39, 0.29) is 6.04 Å². The average molecular weight is 480 g/mol. The molecule has 0 radical (unpaired) electrons. The number of ether oxygens (including phenoxy) is 1. The van der Waals surface area contributed by atoms with Crippen molar-refractivity contribution in [2.75, 3.05) is 19.3 Å². The number of halogens is 2. The molecule has 1 atom stereocenters. The van der Waals surface area contributed by atoms with Gasteiger partial charge in [0.15, 0.2) is 0 Å². The molecular weight excluding hydrogens is 457 g/mol. The summed E-state index contributed by atoms with van der Waals surface area (Å²) < 4.78 is 32.2. The van der Waals surface area contributed by atoms with Crippen LogP contribution in [0, 0.1) is 6.92 Å². The van der Waals surface area contributed by atoms with E-state index in [9.17, 15) is 8.42 Å². The molecule has 2 aromatic carbocycles. The molecule has 1 spiro atoms. The van der Waals surface area contributed by atoms with Gasteiger partial charge in [0.25, 0.3) is 0 Å². The molecule has 3 aliphatic heterocycles. The van der Waals surface area contributed by atoms with E-state index in [1.54, 1.807) is 6.07 Å². The molecule has 0 aromatic heterocycles. The first-order chi connectivity index (χ1) is 14.7. The zero-order chi connectivity index (χ0) is 22.0. The van der Waals surface area contributed by atoms with Crippen LogP contribution >= 0.6 is 23.2 Å². The van der Waals surface area contributed by atoms with Crippen LogP contribution in [0.3, 0.4) is 0 Å². The SMILES string of the molecule is Cc1ccc2c(c1)[C@@H]1CC(c3ccc(Cl)cc3Cl)=NN1C1(CCN(S(C)(=O)=O)CC1)O2. The lowest BCUT2D eigenvalue weighted by Crippen LogP contribution is -2.59. The molecule has 0 unspecified atom stereocenters. The topological polar surface area (TPSA) is 62.2 Å². The van der Waals surface area contributed by atoms with Crippen molar-refractivity contribution in [1.29, 1.82) is 0 Å². The number of hydrogen-bond acceptors (Lipinski definition) is 5. The monoisotopic (exact) mass is 479 g/mol. The summed E-state index contributed by atoms with van der Waals surface area (Å²) in [4.78, 5) is 0. The van der Waals surface area contributed by atoms with Gasteiger partial charge in [-0.3, -0.25) is 0 Å². The van der Waals surface area contributed by atoms with E-state index in [1.165, 1.54) is 10.6 Å². The second-order valence-electron chi connectivity index (χ2n) is 8.49. The minimum atomic E-state index is -3.24. The number of aryl methyl sites for hydroxylation is 1. The predicted molar refractivity (Wildman–Crippen MR) is 122 cm³/mol. The summed E-state index contributed by atoms with van der Waals surface area (Å²) in [7, 11) is -3.24. The Kier molecular flexibility index (Phi) is 5.01. The predicted octanol–water partition coefficient (Wildman–Crippen LogP) is 4.60. The van der Waals surface area contributed by atoms with Crippen molar-refractivity contribution in [2.45, 2.75) is 38.0 Å². The molecule has 0 bridgehead atoms. The van der Waals surface area contributed by atoms with E-state index in [4.69, 9.17) is 33.0 Å². The van der Waals surface area contributed by atoms with Crippen molar-refractivity contribution in [3.05, 3.63) is 63.1 Å². The van der Waals surface area contributed by atoms with Gasteiger partial charge in [0.2, 0.25) is 15.7 Å². The highest BCUT2D eigenvalue weighted by Crippen LogP contribution is 2.50. The maximum atomic E-state index is 12.0. The van der Waals surface area contributed by atoms with Crippen LogP contribution in [0.5, 0.6) is 5.75 Å². The molecule has 6 nitrogen and oxygen atoms in total. The fraction of sp³-hybridized carbons (Fsp3) is 0.409. The summed E-state index contributed by atoms with van der Waals surface area (Å²) in [5.41, 5.74) is 3.31. The average Bonchev–Trinajstić information content (AvgIpc) is 3.15. The van der Waals surface area contributed by atoms with Gasteiger partial charge in [-0.15, -0.1) is 0 Å². The molecule has 1 fully saturated rings. The summed E-state index contributed by atoms with van der Waals surface area (Å²) in [6, 6.07) is 11.7. The smallest absolute Gasteiger partial charge is 0.211 e. The third kappa shape index (κ3) is 3.61. The van der Waals surface area contributed by atoms with E-state index >= 15 is 0 Å². The molecule has 1 saturated heterocycles. The molecule has 0 N–H and O–H groups in total. The maximum Gasteiger partial charge on any atom is 0.211 e. The molecule has 164 valence electrons. The summed E-state index contributed by atoms with van der Waals surface area (Å²) in [6.45, 7) is 2.86. The quantitative estimate of drug-likeness (QED) is 0.631. The first kappa shape index (κ1) is 21.1. The Morgan fingerprint density at radius 2 is 1.87 bits per heavy atom. The number of hydrazone groups is 1. The summed E-state index contributed by atoms with van der Waals surface area (Å²) >= 11 is 12.6. The number of benzene rings is 2. The molecule has 3 heterocycles. The van der Waals surface area contributed by atoms with E-state index in [0.717, 1.165) is 28.2 Å². The summed E-state index contributed by atoms with van der Waals surface area (Å²) in [6.07, 6.45) is 3.02. The molecule has 31 heavy (non-hydrogen) atoms. The number of piperidine rings is 1. The molecule has 5 rings (SSSR count). The van der Waals surface area contributed by atoms with Crippen LogP contribution < -0.4 is 4.74 Å². The second-order valence-corrected chi connectivity index (χ2v) is 11.3. The minimum Gasteiger partial charge on any atom is -0.466 e. The highest BCUT2D eigenvalue weighted by Gasteiger charge is 2.52. The van der Waals surface area contributed by atoms with Crippen LogP contribution in [0.1, 0.15) is 42.0 Å². The first-order valence-electron chi connectivity index (χ1n) is 10.2. The second kappa shape index (κ2) is 7.37. The van der Waals surface area contributed by atoms with E-state index in [2.05, 4.69) is 18.0 Å². The molecule has 0 aliphatic carbocycles.